The molecular formula is C41H51FN6O6Si. The molecule has 4 heterocycles. The third kappa shape index (κ3) is 7.33. The summed E-state index contributed by atoms with van der Waals surface area (Å²) in [6.07, 6.45) is 3.42. The summed E-state index contributed by atoms with van der Waals surface area (Å²) >= 11 is 0. The van der Waals surface area contributed by atoms with Gasteiger partial charge in [-0.1, -0.05) is 42.5 Å². The van der Waals surface area contributed by atoms with Crippen molar-refractivity contribution in [1.29, 1.82) is 0 Å². The maximum absolute atomic E-state index is 16.5. The zero-order valence-electron chi connectivity index (χ0n) is 31.9. The van der Waals surface area contributed by atoms with Crippen LogP contribution >= 0.6 is 0 Å². The van der Waals surface area contributed by atoms with Gasteiger partial charge in [0.05, 0.1) is 42.7 Å². The fraction of sp³-hybridized carbons (Fsp3) is 0.463. The Bertz CT molecular complexity index is 2010. The van der Waals surface area contributed by atoms with E-state index in [0.717, 1.165) is 23.2 Å². The smallest absolute Gasteiger partial charge is 0.261 e. The summed E-state index contributed by atoms with van der Waals surface area (Å²) in [7, 11) is -3.42. The van der Waals surface area contributed by atoms with Crippen molar-refractivity contribution in [3.63, 3.8) is 0 Å². The number of aliphatic hydroxyl groups is 2. The highest BCUT2D eigenvalue weighted by atomic mass is 28.4. The average molecular weight is 771 g/mol. The molecule has 4 aromatic rings. The highest BCUT2D eigenvalue weighted by Crippen LogP contribution is 2.59. The van der Waals surface area contributed by atoms with Crippen molar-refractivity contribution in [1.82, 2.24) is 20.3 Å². The number of aryl methyl sites for hydroxylation is 1. The molecule has 2 unspecified atom stereocenters. The van der Waals surface area contributed by atoms with E-state index in [1.54, 1.807) is 34.9 Å². The second-order valence-electron chi connectivity index (χ2n) is 15.3. The van der Waals surface area contributed by atoms with Gasteiger partial charge >= 0.3 is 0 Å². The van der Waals surface area contributed by atoms with Gasteiger partial charge in [0.1, 0.15) is 5.75 Å². The van der Waals surface area contributed by atoms with Crippen LogP contribution in [0.1, 0.15) is 61.4 Å². The number of nitrogens with one attached hydrogen (secondary N) is 2. The Balaban J connectivity index is 1.19. The molecule has 0 radical (unpaired) electrons. The molecule has 3 aliphatic heterocycles. The highest BCUT2D eigenvalue weighted by molar-refractivity contribution is 6.72. The van der Waals surface area contributed by atoms with Crippen LogP contribution in [0, 0.1) is 5.92 Å². The van der Waals surface area contributed by atoms with Crippen molar-refractivity contribution in [2.45, 2.75) is 88.4 Å². The van der Waals surface area contributed by atoms with Gasteiger partial charge < -0.3 is 34.4 Å². The summed E-state index contributed by atoms with van der Waals surface area (Å²) in [5.74, 6) is -0.607. The summed E-state index contributed by atoms with van der Waals surface area (Å²) in [5.41, 5.74) is 2.97. The lowest BCUT2D eigenvalue weighted by molar-refractivity contribution is -0.143. The van der Waals surface area contributed by atoms with Crippen molar-refractivity contribution >= 4 is 37.3 Å². The molecule has 14 heteroatoms. The predicted octanol–water partition coefficient (Wildman–Crippen LogP) is 5.57. The van der Waals surface area contributed by atoms with Gasteiger partial charge in [-0.2, -0.15) is 0 Å². The van der Waals surface area contributed by atoms with Crippen LogP contribution in [0.4, 0.5) is 21.2 Å². The molecule has 3 aromatic carbocycles. The third-order valence-corrected chi connectivity index (χ3v) is 13.9. The number of carbonyl (C=O) groups is 2. The van der Waals surface area contributed by atoms with Crippen molar-refractivity contribution in [3.8, 4) is 5.75 Å². The Morgan fingerprint density at radius 1 is 1.11 bits per heavy atom. The molecule has 4 N–H and O–H groups in total. The van der Waals surface area contributed by atoms with E-state index in [1.165, 1.54) is 0 Å². The van der Waals surface area contributed by atoms with Gasteiger partial charge in [-0.05, 0) is 99.8 Å². The van der Waals surface area contributed by atoms with Gasteiger partial charge in [0, 0.05) is 47.7 Å². The average Bonchev–Trinajstić information content (AvgIpc) is 3.84. The van der Waals surface area contributed by atoms with Crippen LogP contribution in [0.15, 0.2) is 72.9 Å². The lowest BCUT2D eigenvalue weighted by atomic mass is 9.82. The van der Waals surface area contributed by atoms with Crippen LogP contribution in [0.2, 0.25) is 18.6 Å². The lowest BCUT2D eigenvalue weighted by Gasteiger charge is -2.36. The minimum Gasteiger partial charge on any atom is -0.494 e. The van der Waals surface area contributed by atoms with Gasteiger partial charge in [-0.3, -0.25) is 19.2 Å². The number of halogens is 1. The standard InChI is InChI=1S/C41H51FN6O6Si/c1-5-53-30-14-16-36-28(21-30)22-34(43-18-9-10-20-49)39(51)48(36)29-13-15-33-32(23-29)41(40(52)44-33)26(2)38(55(3,4)42)37(54-41)17-19-47-24-35(45-46-47)31(25-50)27-11-7-6-8-12-27/h6-8,11-16,21,23-24,26,31,34,37-38,43,49-50H,5,9-10,17-20,22,25H2,1-4H3,(H,44,52)/t26-,31?,34?,37+,38-,41+/m0/s1. The molecule has 2 amide bonds. The molecule has 0 bridgehead atoms. The number of rotatable bonds is 15. The van der Waals surface area contributed by atoms with E-state index < -0.39 is 37.6 Å². The quantitative estimate of drug-likeness (QED) is 0.0692. The van der Waals surface area contributed by atoms with Crippen molar-refractivity contribution in [2.24, 2.45) is 5.92 Å². The van der Waals surface area contributed by atoms with Gasteiger partial charge in [-0.15, -0.1) is 5.10 Å². The predicted molar refractivity (Wildman–Crippen MR) is 210 cm³/mol. The molecule has 3 aliphatic rings. The number of carbonyl (C=O) groups excluding carboxylic acids is 2. The van der Waals surface area contributed by atoms with Crippen LogP contribution in [0.25, 0.3) is 0 Å². The fourth-order valence-corrected chi connectivity index (χ4v) is 11.4. The lowest BCUT2D eigenvalue weighted by Crippen LogP contribution is -2.49. The van der Waals surface area contributed by atoms with Gasteiger partial charge in [0.2, 0.25) is 14.3 Å². The fourth-order valence-electron chi connectivity index (χ4n) is 8.88. The molecule has 0 aliphatic carbocycles. The molecule has 6 atom stereocenters. The number of hydrogen-bond acceptors (Lipinski definition) is 9. The molecule has 292 valence electrons. The first kappa shape index (κ1) is 38.8. The van der Waals surface area contributed by atoms with Crippen molar-refractivity contribution < 1.29 is 33.4 Å². The van der Waals surface area contributed by atoms with Crippen LogP contribution < -0.4 is 20.3 Å². The molecule has 55 heavy (non-hydrogen) atoms. The van der Waals surface area contributed by atoms with Crippen LogP contribution in [0.5, 0.6) is 5.75 Å². The summed E-state index contributed by atoms with van der Waals surface area (Å²) < 4.78 is 30.8. The van der Waals surface area contributed by atoms with E-state index in [-0.39, 0.29) is 30.9 Å². The number of nitrogens with zero attached hydrogens (tertiary/aromatic N) is 4. The van der Waals surface area contributed by atoms with E-state index in [2.05, 4.69) is 20.9 Å². The second-order valence-corrected chi connectivity index (χ2v) is 19.1. The molecular weight excluding hydrogens is 720 g/mol. The number of aliphatic hydroxyl groups excluding tert-OH is 2. The van der Waals surface area contributed by atoms with E-state index in [0.29, 0.717) is 67.3 Å². The van der Waals surface area contributed by atoms with Crippen molar-refractivity contribution in [2.75, 3.05) is 36.6 Å². The number of benzene rings is 3. The van der Waals surface area contributed by atoms with Crippen molar-refractivity contribution in [3.05, 3.63) is 95.3 Å². The zero-order valence-corrected chi connectivity index (χ0v) is 32.9. The first-order valence-corrected chi connectivity index (χ1v) is 22.3. The number of anilines is 3. The summed E-state index contributed by atoms with van der Waals surface area (Å²) in [6, 6.07) is 20.3. The Morgan fingerprint density at radius 2 is 1.91 bits per heavy atom. The van der Waals surface area contributed by atoms with Crippen LogP contribution in [-0.2, 0) is 32.9 Å². The summed E-state index contributed by atoms with van der Waals surface area (Å²) in [4.78, 5) is 30.2. The number of ether oxygens (including phenoxy) is 2. The Hall–Kier alpha value is -4.47. The number of aromatic nitrogens is 3. The molecule has 0 saturated carbocycles. The Morgan fingerprint density at radius 3 is 2.64 bits per heavy atom. The summed E-state index contributed by atoms with van der Waals surface area (Å²) in [5, 5.41) is 34.6. The number of amides is 2. The molecule has 12 nitrogen and oxygen atoms in total. The molecule has 7 rings (SSSR count). The zero-order chi connectivity index (χ0) is 38.9. The molecule has 1 fully saturated rings. The van der Waals surface area contributed by atoms with Crippen LogP contribution in [-0.4, -0.2) is 83.9 Å². The maximum atomic E-state index is 16.5. The third-order valence-electron chi connectivity index (χ3n) is 11.4. The second kappa shape index (κ2) is 15.9. The topological polar surface area (TPSA) is 151 Å². The Labute approximate surface area is 322 Å². The minimum absolute atomic E-state index is 0.0854. The van der Waals surface area contributed by atoms with E-state index >= 15 is 4.11 Å². The van der Waals surface area contributed by atoms with Gasteiger partial charge in [-0.25, -0.2) is 0 Å². The molecule has 1 saturated heterocycles. The van der Waals surface area contributed by atoms with E-state index in [9.17, 15) is 19.8 Å². The first-order chi connectivity index (χ1) is 26.5. The largest absolute Gasteiger partial charge is 0.494 e. The monoisotopic (exact) mass is 770 g/mol. The van der Waals surface area contributed by atoms with E-state index in [4.69, 9.17) is 9.47 Å². The highest BCUT2D eigenvalue weighted by Gasteiger charge is 2.65. The van der Waals surface area contributed by atoms with Crippen LogP contribution in [0.3, 0.4) is 0 Å². The number of fused-ring (bicyclic) bond motifs is 3. The molecule has 1 spiro atoms. The molecule has 1 aromatic heterocycles. The Kier molecular flexibility index (Phi) is 11.2. The van der Waals surface area contributed by atoms with Gasteiger partial charge in [0.15, 0.2) is 5.60 Å². The summed E-state index contributed by atoms with van der Waals surface area (Å²) in [6.45, 7) is 8.58. The normalized spacial score (nSPS) is 23.9. The number of unbranched alkanes of at least 4 members (excludes halogenated alkanes) is 1. The minimum atomic E-state index is -3.42. The first-order valence-electron chi connectivity index (χ1n) is 19.3. The maximum Gasteiger partial charge on any atom is 0.261 e. The SMILES string of the molecule is CCOc1ccc2c(c1)CC(NCCCCO)C(=O)N2c1ccc2c(c1)[C@@]1(O[C@H](CCn3cc(C(CO)c4ccccc4)nn3)[C@@H]([Si](C)(C)F)[C@@H]1C)C(=O)N2. The van der Waals surface area contributed by atoms with Gasteiger partial charge in [0.25, 0.3) is 5.91 Å². The van der Waals surface area contributed by atoms with E-state index in [1.807, 2.05) is 74.5 Å². The number of hydrogen-bond donors (Lipinski definition) is 4.